The van der Waals surface area contributed by atoms with Gasteiger partial charge in [-0.05, 0) is 47.8 Å². The summed E-state index contributed by atoms with van der Waals surface area (Å²) in [6.45, 7) is 3.43. The van der Waals surface area contributed by atoms with Crippen molar-refractivity contribution in [3.63, 3.8) is 0 Å². The number of pyridine rings is 1. The second-order valence-corrected chi connectivity index (χ2v) is 5.64. The number of halogens is 1. The Bertz CT molecular complexity index is 452. The Kier molecular flexibility index (Phi) is 4.02. The molecule has 1 unspecified atom stereocenters. The van der Waals surface area contributed by atoms with Gasteiger partial charge >= 0.3 is 0 Å². The van der Waals surface area contributed by atoms with Gasteiger partial charge in [0.05, 0.1) is 5.60 Å². The number of hydrogen-bond acceptors (Lipinski definition) is 3. The van der Waals surface area contributed by atoms with Gasteiger partial charge in [0.1, 0.15) is 10.3 Å². The van der Waals surface area contributed by atoms with Crippen LogP contribution in [0.15, 0.2) is 22.8 Å². The van der Waals surface area contributed by atoms with Crippen molar-refractivity contribution in [2.75, 3.05) is 20.2 Å². The van der Waals surface area contributed by atoms with E-state index in [-0.39, 0.29) is 11.5 Å². The second-order valence-electron chi connectivity index (χ2n) is 4.83. The van der Waals surface area contributed by atoms with Gasteiger partial charge in [0.25, 0.3) is 5.91 Å². The maximum Gasteiger partial charge on any atom is 0.272 e. The van der Waals surface area contributed by atoms with Crippen molar-refractivity contribution in [2.24, 2.45) is 0 Å². The van der Waals surface area contributed by atoms with E-state index >= 15 is 0 Å². The van der Waals surface area contributed by atoms with Crippen LogP contribution in [0.25, 0.3) is 0 Å². The monoisotopic (exact) mass is 312 g/mol. The summed E-state index contributed by atoms with van der Waals surface area (Å²) in [7, 11) is 1.70. The number of methoxy groups -OCH3 is 1. The molecular formula is C13H17BrN2O2. The van der Waals surface area contributed by atoms with Gasteiger partial charge in [-0.1, -0.05) is 6.07 Å². The van der Waals surface area contributed by atoms with Crippen molar-refractivity contribution in [2.45, 2.75) is 25.4 Å². The normalized spacial score (nSPS) is 24.1. The molecule has 1 aliphatic rings. The maximum atomic E-state index is 12.3. The van der Waals surface area contributed by atoms with Gasteiger partial charge in [-0.2, -0.15) is 0 Å². The number of likely N-dealkylation sites (tertiary alicyclic amines) is 1. The molecule has 0 N–H and O–H groups in total. The van der Waals surface area contributed by atoms with Crippen LogP contribution in [0.1, 0.15) is 30.3 Å². The van der Waals surface area contributed by atoms with E-state index in [0.717, 1.165) is 19.4 Å². The van der Waals surface area contributed by atoms with Gasteiger partial charge in [0, 0.05) is 20.2 Å². The highest BCUT2D eigenvalue weighted by atomic mass is 79.9. The lowest BCUT2D eigenvalue weighted by Gasteiger charge is -2.39. The number of rotatable bonds is 2. The Labute approximate surface area is 115 Å². The van der Waals surface area contributed by atoms with Crippen LogP contribution in [0.3, 0.4) is 0 Å². The third-order valence-electron chi connectivity index (χ3n) is 3.37. The van der Waals surface area contributed by atoms with Crippen molar-refractivity contribution in [1.29, 1.82) is 0 Å². The summed E-state index contributed by atoms with van der Waals surface area (Å²) < 4.78 is 6.18. The predicted molar refractivity (Wildman–Crippen MR) is 72.5 cm³/mol. The fraction of sp³-hybridized carbons (Fsp3) is 0.538. The fourth-order valence-corrected chi connectivity index (χ4v) is 2.58. The van der Waals surface area contributed by atoms with Gasteiger partial charge in [0.2, 0.25) is 0 Å². The number of aromatic nitrogens is 1. The second kappa shape index (κ2) is 5.36. The molecule has 18 heavy (non-hydrogen) atoms. The first-order valence-corrected chi connectivity index (χ1v) is 6.80. The van der Waals surface area contributed by atoms with E-state index in [1.807, 2.05) is 24.0 Å². The third-order valence-corrected chi connectivity index (χ3v) is 3.81. The minimum atomic E-state index is -0.236. The van der Waals surface area contributed by atoms with Crippen molar-refractivity contribution in [1.82, 2.24) is 9.88 Å². The largest absolute Gasteiger partial charge is 0.377 e. The Morgan fingerprint density at radius 3 is 3.00 bits per heavy atom. The molecule has 98 valence electrons. The van der Waals surface area contributed by atoms with Crippen LogP contribution in [-0.4, -0.2) is 41.6 Å². The quantitative estimate of drug-likeness (QED) is 0.788. The SMILES string of the molecule is COC1(C)CCCN(C(=O)c2cccc(Br)n2)C1. The smallest absolute Gasteiger partial charge is 0.272 e. The molecule has 0 spiro atoms. The zero-order valence-corrected chi connectivity index (χ0v) is 12.2. The highest BCUT2D eigenvalue weighted by molar-refractivity contribution is 9.10. The molecule has 1 atom stereocenters. The molecule has 2 rings (SSSR count). The lowest BCUT2D eigenvalue weighted by molar-refractivity contribution is -0.0441. The molecule has 1 aromatic rings. The predicted octanol–water partition coefficient (Wildman–Crippen LogP) is 2.49. The first kappa shape index (κ1) is 13.5. The van der Waals surface area contributed by atoms with Gasteiger partial charge in [-0.15, -0.1) is 0 Å². The Morgan fingerprint density at radius 2 is 2.33 bits per heavy atom. The average Bonchev–Trinajstić information content (AvgIpc) is 2.38. The zero-order chi connectivity index (χ0) is 13.2. The number of piperidine rings is 1. The summed E-state index contributed by atoms with van der Waals surface area (Å²) in [6.07, 6.45) is 1.95. The molecule has 1 aliphatic heterocycles. The number of ether oxygens (including phenoxy) is 1. The summed E-state index contributed by atoms with van der Waals surface area (Å²) in [5.41, 5.74) is 0.240. The molecule has 1 amide bonds. The lowest BCUT2D eigenvalue weighted by Crippen LogP contribution is -2.49. The van der Waals surface area contributed by atoms with E-state index in [4.69, 9.17) is 4.74 Å². The Balaban J connectivity index is 2.14. The maximum absolute atomic E-state index is 12.3. The topological polar surface area (TPSA) is 42.4 Å². The van der Waals surface area contributed by atoms with Crippen molar-refractivity contribution in [3.8, 4) is 0 Å². The van der Waals surface area contributed by atoms with Crippen LogP contribution in [0.5, 0.6) is 0 Å². The van der Waals surface area contributed by atoms with Crippen LogP contribution in [0.4, 0.5) is 0 Å². The first-order chi connectivity index (χ1) is 8.54. The minimum absolute atomic E-state index is 0.0284. The molecule has 1 aromatic heterocycles. The zero-order valence-electron chi connectivity index (χ0n) is 10.6. The van der Waals surface area contributed by atoms with Crippen LogP contribution in [0, 0.1) is 0 Å². The van der Waals surface area contributed by atoms with E-state index in [2.05, 4.69) is 20.9 Å². The van der Waals surface area contributed by atoms with E-state index in [0.29, 0.717) is 16.8 Å². The summed E-state index contributed by atoms with van der Waals surface area (Å²) >= 11 is 3.28. The highest BCUT2D eigenvalue weighted by Crippen LogP contribution is 2.24. The third kappa shape index (κ3) is 2.90. The molecule has 0 aliphatic carbocycles. The van der Waals surface area contributed by atoms with Crippen molar-refractivity contribution in [3.05, 3.63) is 28.5 Å². The van der Waals surface area contributed by atoms with E-state index in [9.17, 15) is 4.79 Å². The average molecular weight is 313 g/mol. The van der Waals surface area contributed by atoms with E-state index < -0.39 is 0 Å². The number of amides is 1. The van der Waals surface area contributed by atoms with Gasteiger partial charge in [-0.25, -0.2) is 4.98 Å². The molecule has 0 aromatic carbocycles. The van der Waals surface area contributed by atoms with Crippen molar-refractivity contribution >= 4 is 21.8 Å². The lowest BCUT2D eigenvalue weighted by atomic mass is 9.94. The number of hydrogen-bond donors (Lipinski definition) is 0. The van der Waals surface area contributed by atoms with E-state index in [1.54, 1.807) is 13.2 Å². The number of nitrogens with zero attached hydrogens (tertiary/aromatic N) is 2. The molecule has 2 heterocycles. The first-order valence-electron chi connectivity index (χ1n) is 6.01. The molecule has 5 heteroatoms. The van der Waals surface area contributed by atoms with Crippen molar-refractivity contribution < 1.29 is 9.53 Å². The van der Waals surface area contributed by atoms with Gasteiger partial charge < -0.3 is 9.64 Å². The van der Waals surface area contributed by atoms with Crippen LogP contribution >= 0.6 is 15.9 Å². The Hall–Kier alpha value is -0.940. The summed E-state index contributed by atoms with van der Waals surface area (Å²) in [5, 5.41) is 0. The van der Waals surface area contributed by atoms with E-state index in [1.165, 1.54) is 0 Å². The standard InChI is InChI=1S/C13H17BrN2O2/c1-13(18-2)7-4-8-16(9-13)12(17)10-5-3-6-11(14)15-10/h3,5-6H,4,7-9H2,1-2H3. The molecule has 0 radical (unpaired) electrons. The van der Waals surface area contributed by atoms with Gasteiger partial charge in [0.15, 0.2) is 0 Å². The molecular weight excluding hydrogens is 296 g/mol. The number of carbonyl (C=O) groups excluding carboxylic acids is 1. The molecule has 4 nitrogen and oxygen atoms in total. The van der Waals surface area contributed by atoms with Crippen LogP contribution in [-0.2, 0) is 4.74 Å². The fourth-order valence-electron chi connectivity index (χ4n) is 2.24. The molecule has 1 fully saturated rings. The molecule has 0 bridgehead atoms. The molecule has 1 saturated heterocycles. The van der Waals surface area contributed by atoms with Gasteiger partial charge in [-0.3, -0.25) is 4.79 Å². The molecule has 0 saturated carbocycles. The summed E-state index contributed by atoms with van der Waals surface area (Å²) in [4.78, 5) is 18.4. The van der Waals surface area contributed by atoms with Crippen LogP contribution < -0.4 is 0 Å². The number of carbonyl (C=O) groups is 1. The summed E-state index contributed by atoms with van der Waals surface area (Å²) in [5.74, 6) is -0.0284. The minimum Gasteiger partial charge on any atom is -0.377 e. The summed E-state index contributed by atoms with van der Waals surface area (Å²) in [6, 6.07) is 5.38. The Morgan fingerprint density at radius 1 is 1.56 bits per heavy atom. The van der Waals surface area contributed by atoms with Crippen LogP contribution in [0.2, 0.25) is 0 Å². The highest BCUT2D eigenvalue weighted by Gasteiger charge is 2.33.